The number of halogens is 3. The van der Waals surface area contributed by atoms with Crippen LogP contribution in [0.1, 0.15) is 40.4 Å². The minimum atomic E-state index is -1.66. The molecular formula is C33H31F3N4O4. The van der Waals surface area contributed by atoms with Crippen LogP contribution in [0.3, 0.4) is 0 Å². The van der Waals surface area contributed by atoms with Gasteiger partial charge >= 0.3 is 0 Å². The number of fused-ring (bicyclic) bond motifs is 1. The summed E-state index contributed by atoms with van der Waals surface area (Å²) in [6.45, 7) is 1.91. The van der Waals surface area contributed by atoms with Crippen LogP contribution in [0.15, 0.2) is 65.7 Å². The van der Waals surface area contributed by atoms with E-state index in [1.165, 1.54) is 18.3 Å². The molecule has 0 spiro atoms. The number of aliphatic hydroxyl groups excluding tert-OH is 1. The third-order valence-corrected chi connectivity index (χ3v) is 7.59. The van der Waals surface area contributed by atoms with Crippen LogP contribution >= 0.6 is 0 Å². The number of nitrogens with zero attached hydrogens (tertiary/aromatic N) is 3. The number of piperidine rings is 1. The van der Waals surface area contributed by atoms with Crippen LogP contribution < -0.4 is 15.6 Å². The molecule has 4 aromatic rings. The summed E-state index contributed by atoms with van der Waals surface area (Å²) >= 11 is 0. The average Bonchev–Trinajstić information content (AvgIpc) is 3.02. The summed E-state index contributed by atoms with van der Waals surface area (Å²) in [5.41, 5.74) is 0.216. The molecule has 1 aliphatic rings. The van der Waals surface area contributed by atoms with Gasteiger partial charge < -0.3 is 24.6 Å². The number of likely N-dealkylation sites (tertiary alicyclic amines) is 1. The van der Waals surface area contributed by atoms with Crippen molar-refractivity contribution < 1.29 is 27.8 Å². The molecule has 8 nitrogen and oxygen atoms in total. The second-order valence-electron chi connectivity index (χ2n) is 10.7. The molecule has 3 heterocycles. The Balaban J connectivity index is 1.26. The Morgan fingerprint density at radius 1 is 1.18 bits per heavy atom. The van der Waals surface area contributed by atoms with Gasteiger partial charge in [0.1, 0.15) is 11.3 Å². The van der Waals surface area contributed by atoms with Crippen molar-refractivity contribution in [2.24, 2.45) is 5.92 Å². The van der Waals surface area contributed by atoms with E-state index in [4.69, 9.17) is 4.74 Å². The van der Waals surface area contributed by atoms with E-state index in [1.54, 1.807) is 6.20 Å². The summed E-state index contributed by atoms with van der Waals surface area (Å²) in [5, 5.41) is 13.3. The zero-order valence-electron chi connectivity index (χ0n) is 24.0. The van der Waals surface area contributed by atoms with Gasteiger partial charge in [0.2, 0.25) is 0 Å². The molecule has 44 heavy (non-hydrogen) atoms. The summed E-state index contributed by atoms with van der Waals surface area (Å²) in [6.07, 6.45) is 5.25. The number of pyridine rings is 2. The summed E-state index contributed by atoms with van der Waals surface area (Å²) < 4.78 is 48.2. The topological polar surface area (TPSA) is 96.7 Å². The van der Waals surface area contributed by atoms with E-state index in [0.29, 0.717) is 30.2 Å². The molecule has 228 valence electrons. The smallest absolute Gasteiger partial charge is 0.264 e. The van der Waals surface area contributed by atoms with Crippen molar-refractivity contribution in [3.8, 4) is 17.6 Å². The second kappa shape index (κ2) is 13.8. The van der Waals surface area contributed by atoms with Crippen molar-refractivity contribution in [2.45, 2.75) is 18.9 Å². The minimum absolute atomic E-state index is 0.0748. The van der Waals surface area contributed by atoms with Gasteiger partial charge in [-0.15, -0.1) is 0 Å². The van der Waals surface area contributed by atoms with Crippen molar-refractivity contribution >= 4 is 16.8 Å². The third-order valence-electron chi connectivity index (χ3n) is 7.59. The first-order chi connectivity index (χ1) is 21.2. The molecule has 0 saturated carbocycles. The molecule has 1 amide bonds. The number of nitrogens with one attached hydrogen (secondary N) is 1. The maximum absolute atomic E-state index is 13.8. The van der Waals surface area contributed by atoms with Gasteiger partial charge in [-0.3, -0.25) is 14.6 Å². The van der Waals surface area contributed by atoms with E-state index >= 15 is 0 Å². The molecule has 0 radical (unpaired) electrons. The lowest BCUT2D eigenvalue weighted by Gasteiger charge is -2.29. The lowest BCUT2D eigenvalue weighted by atomic mass is 9.99. The third kappa shape index (κ3) is 6.93. The number of hydrogen-bond donors (Lipinski definition) is 2. The van der Waals surface area contributed by atoms with Gasteiger partial charge in [-0.25, -0.2) is 13.2 Å². The minimum Gasteiger partial charge on any atom is -0.492 e. The first-order valence-electron chi connectivity index (χ1n) is 14.2. The van der Waals surface area contributed by atoms with E-state index in [-0.39, 0.29) is 17.7 Å². The van der Waals surface area contributed by atoms with Crippen LogP contribution in [-0.4, -0.2) is 65.4 Å². The van der Waals surface area contributed by atoms with E-state index in [0.717, 1.165) is 47.2 Å². The molecule has 1 aliphatic heterocycles. The number of hydrogen-bond acceptors (Lipinski definition) is 6. The SMILES string of the molecule is CN1CCC[C@@H](COc2ccnc3ccc(C#CCNC(=O)c4cccn(C(CO)c5cc(F)c(F)c(F)c5)c4=O)cc23)C1. The molecule has 1 saturated heterocycles. The van der Waals surface area contributed by atoms with Crippen LogP contribution in [0.25, 0.3) is 10.9 Å². The van der Waals surface area contributed by atoms with Gasteiger partial charge in [0.25, 0.3) is 11.5 Å². The Kier molecular flexibility index (Phi) is 9.62. The summed E-state index contributed by atoms with van der Waals surface area (Å²) in [5.74, 6) is 1.75. The number of rotatable bonds is 8. The van der Waals surface area contributed by atoms with Crippen LogP contribution in [0.2, 0.25) is 0 Å². The number of aromatic nitrogens is 2. The number of carbonyl (C=O) groups is 1. The largest absolute Gasteiger partial charge is 0.492 e. The number of amides is 1. The van der Waals surface area contributed by atoms with E-state index in [9.17, 15) is 27.9 Å². The first kappa shape index (κ1) is 30.8. The maximum Gasteiger partial charge on any atom is 0.264 e. The molecule has 0 aliphatic carbocycles. The van der Waals surface area contributed by atoms with Gasteiger partial charge in [0.05, 0.1) is 31.3 Å². The molecule has 5 rings (SSSR count). The van der Waals surface area contributed by atoms with Crippen LogP contribution in [0.4, 0.5) is 13.2 Å². The normalized spacial score (nSPS) is 15.8. The Morgan fingerprint density at radius 3 is 2.73 bits per heavy atom. The van der Waals surface area contributed by atoms with E-state index in [2.05, 4.69) is 34.1 Å². The fraction of sp³-hybridized carbons (Fsp3) is 0.303. The average molecular weight is 605 g/mol. The quantitative estimate of drug-likeness (QED) is 0.234. The maximum atomic E-state index is 13.8. The highest BCUT2D eigenvalue weighted by atomic mass is 19.2. The molecule has 2 aromatic carbocycles. The lowest BCUT2D eigenvalue weighted by Crippen LogP contribution is -2.35. The summed E-state index contributed by atoms with van der Waals surface area (Å²) in [4.78, 5) is 32.6. The highest BCUT2D eigenvalue weighted by Gasteiger charge is 2.22. The second-order valence-corrected chi connectivity index (χ2v) is 10.7. The van der Waals surface area contributed by atoms with Crippen molar-refractivity contribution in [3.05, 3.63) is 105 Å². The highest BCUT2D eigenvalue weighted by molar-refractivity contribution is 5.94. The molecule has 2 N–H and O–H groups in total. The van der Waals surface area contributed by atoms with Gasteiger partial charge in [0.15, 0.2) is 17.5 Å². The van der Waals surface area contributed by atoms with Crippen LogP contribution in [0.5, 0.6) is 5.75 Å². The monoisotopic (exact) mass is 604 g/mol. The molecule has 2 aromatic heterocycles. The fourth-order valence-corrected chi connectivity index (χ4v) is 5.36. The summed E-state index contributed by atoms with van der Waals surface area (Å²) in [6, 6.07) is 10.2. The molecular weight excluding hydrogens is 573 g/mol. The Bertz CT molecular complexity index is 1780. The zero-order chi connectivity index (χ0) is 31.2. The lowest BCUT2D eigenvalue weighted by molar-refractivity contribution is 0.0956. The van der Waals surface area contributed by atoms with Gasteiger partial charge in [-0.05, 0) is 80.5 Å². The van der Waals surface area contributed by atoms with Crippen molar-refractivity contribution in [3.63, 3.8) is 0 Å². The number of benzene rings is 2. The van der Waals surface area contributed by atoms with E-state index in [1.807, 2.05) is 24.3 Å². The zero-order valence-corrected chi connectivity index (χ0v) is 24.0. The van der Waals surface area contributed by atoms with Gasteiger partial charge in [0, 0.05) is 35.8 Å². The summed E-state index contributed by atoms with van der Waals surface area (Å²) in [7, 11) is 2.12. The molecule has 1 fully saturated rings. The van der Waals surface area contributed by atoms with Crippen LogP contribution in [0, 0.1) is 35.2 Å². The highest BCUT2D eigenvalue weighted by Crippen LogP contribution is 2.26. The fourth-order valence-electron chi connectivity index (χ4n) is 5.36. The van der Waals surface area contributed by atoms with Crippen molar-refractivity contribution in [1.29, 1.82) is 0 Å². The Hall–Kier alpha value is -4.66. The van der Waals surface area contributed by atoms with Crippen molar-refractivity contribution in [2.75, 3.05) is 39.9 Å². The Morgan fingerprint density at radius 2 is 1.98 bits per heavy atom. The molecule has 0 bridgehead atoms. The Labute approximate surface area is 252 Å². The van der Waals surface area contributed by atoms with E-state index < -0.39 is 41.6 Å². The molecule has 2 atom stereocenters. The number of aliphatic hydroxyl groups is 1. The van der Waals surface area contributed by atoms with Gasteiger partial charge in [-0.2, -0.15) is 0 Å². The van der Waals surface area contributed by atoms with Crippen LogP contribution in [-0.2, 0) is 0 Å². The molecule has 1 unspecified atom stereocenters. The van der Waals surface area contributed by atoms with Crippen molar-refractivity contribution in [1.82, 2.24) is 19.8 Å². The predicted octanol–water partition coefficient (Wildman–Crippen LogP) is 3.90. The standard InChI is InChI=1S/C33H31F3N4O4/c1-39-13-3-6-22(18-39)20-44-30-10-12-37-28-9-8-21(15-25(28)30)5-2-11-38-32(42)24-7-4-14-40(33(24)43)29(19-41)23-16-26(34)31(36)27(35)17-23/h4,7-10,12,14-17,22,29,41H,3,6,11,13,18-20H2,1H3,(H,38,42)/t22-,29?/m1/s1. The number of ether oxygens (including phenoxy) is 1. The molecule has 11 heteroatoms. The first-order valence-corrected chi connectivity index (χ1v) is 14.2. The predicted molar refractivity (Wildman–Crippen MR) is 159 cm³/mol. The number of carbonyl (C=O) groups excluding carboxylic acids is 1. The van der Waals surface area contributed by atoms with Gasteiger partial charge in [-0.1, -0.05) is 11.8 Å².